The van der Waals surface area contributed by atoms with Crippen molar-refractivity contribution in [2.75, 3.05) is 17.1 Å². The number of nitrogens with one attached hydrogen (secondary N) is 3. The molecule has 4 aromatic rings. The molecule has 0 aliphatic carbocycles. The molecule has 0 spiro atoms. The molecule has 0 atom stereocenters. The van der Waals surface area contributed by atoms with Crippen molar-refractivity contribution in [1.82, 2.24) is 5.32 Å². The van der Waals surface area contributed by atoms with Gasteiger partial charge in [0.2, 0.25) is 0 Å². The van der Waals surface area contributed by atoms with E-state index in [4.69, 9.17) is 4.74 Å². The Labute approximate surface area is 204 Å². The lowest BCUT2D eigenvalue weighted by molar-refractivity contribution is 0.251. The largest absolute Gasteiger partial charge is 0.497 e. The first-order valence-corrected chi connectivity index (χ1v) is 12.4. The van der Waals surface area contributed by atoms with Gasteiger partial charge in [-0.05, 0) is 53.6 Å². The number of ether oxygens (including phenoxy) is 1. The summed E-state index contributed by atoms with van der Waals surface area (Å²) in [5, 5.41) is 5.51. The van der Waals surface area contributed by atoms with Crippen LogP contribution >= 0.6 is 0 Å². The molecule has 0 fully saturated rings. The molecule has 0 radical (unpaired) electrons. The van der Waals surface area contributed by atoms with E-state index in [1.54, 1.807) is 55.6 Å². The van der Waals surface area contributed by atoms with Gasteiger partial charge in [0, 0.05) is 23.5 Å². The molecule has 8 heteroatoms. The number of amides is 2. The number of hydrogen-bond acceptors (Lipinski definition) is 4. The summed E-state index contributed by atoms with van der Waals surface area (Å²) >= 11 is 0. The zero-order chi connectivity index (χ0) is 24.7. The molecule has 3 N–H and O–H groups in total. The Hall–Kier alpha value is -4.30. The van der Waals surface area contributed by atoms with E-state index >= 15 is 0 Å². The van der Waals surface area contributed by atoms with E-state index in [9.17, 15) is 13.2 Å². The minimum Gasteiger partial charge on any atom is -0.497 e. The molecule has 0 aromatic heterocycles. The molecule has 0 saturated heterocycles. The third-order valence-electron chi connectivity index (χ3n) is 5.24. The average Bonchev–Trinajstić information content (AvgIpc) is 2.89. The van der Waals surface area contributed by atoms with Crippen LogP contribution in [0.25, 0.3) is 11.1 Å². The fraction of sp³-hybridized carbons (Fsp3) is 0.0741. The number of sulfonamides is 1. The van der Waals surface area contributed by atoms with Gasteiger partial charge < -0.3 is 15.4 Å². The Morgan fingerprint density at radius 3 is 2.23 bits per heavy atom. The SMILES string of the molecule is COc1cccc(CNC(=O)Nc2ccc(NS(=O)(=O)c3ccccc3-c3ccccc3)cc2)c1. The Morgan fingerprint density at radius 2 is 1.49 bits per heavy atom. The van der Waals surface area contributed by atoms with E-state index < -0.39 is 10.0 Å². The van der Waals surface area contributed by atoms with Crippen molar-refractivity contribution in [1.29, 1.82) is 0 Å². The number of urea groups is 1. The van der Waals surface area contributed by atoms with Crippen molar-refractivity contribution in [3.8, 4) is 16.9 Å². The van der Waals surface area contributed by atoms with Gasteiger partial charge in [0.15, 0.2) is 0 Å². The lowest BCUT2D eigenvalue weighted by Gasteiger charge is -2.13. The standard InChI is InChI=1S/C27H25N3O4S/c1-34-24-11-7-8-20(18-24)19-28-27(31)29-22-14-16-23(17-15-22)30-35(32,33)26-13-6-5-12-25(26)21-9-3-2-4-10-21/h2-18,30H,19H2,1H3,(H2,28,29,31). The second-order valence-corrected chi connectivity index (χ2v) is 9.36. The number of carbonyl (C=O) groups excluding carboxylic acids is 1. The third-order valence-corrected chi connectivity index (χ3v) is 6.68. The number of hydrogen-bond donors (Lipinski definition) is 3. The average molecular weight is 488 g/mol. The Kier molecular flexibility index (Phi) is 7.32. The molecule has 0 aliphatic rings. The molecule has 0 saturated carbocycles. The highest BCUT2D eigenvalue weighted by atomic mass is 32.2. The zero-order valence-electron chi connectivity index (χ0n) is 19.1. The summed E-state index contributed by atoms with van der Waals surface area (Å²) in [5.41, 5.74) is 3.25. The van der Waals surface area contributed by atoms with Crippen molar-refractivity contribution in [3.05, 3.63) is 109 Å². The van der Waals surface area contributed by atoms with Crippen molar-refractivity contribution in [2.24, 2.45) is 0 Å². The van der Waals surface area contributed by atoms with Crippen LogP contribution in [0, 0.1) is 0 Å². The van der Waals surface area contributed by atoms with Gasteiger partial charge in [0.25, 0.3) is 10.0 Å². The van der Waals surface area contributed by atoms with Crippen LogP contribution < -0.4 is 20.1 Å². The van der Waals surface area contributed by atoms with Gasteiger partial charge in [0.1, 0.15) is 5.75 Å². The summed E-state index contributed by atoms with van der Waals surface area (Å²) < 4.78 is 34.0. The highest BCUT2D eigenvalue weighted by Gasteiger charge is 2.19. The number of carbonyl (C=O) groups is 1. The predicted molar refractivity (Wildman–Crippen MR) is 138 cm³/mol. The molecule has 4 aromatic carbocycles. The van der Waals surface area contributed by atoms with Crippen molar-refractivity contribution >= 4 is 27.4 Å². The number of methoxy groups -OCH3 is 1. The Morgan fingerprint density at radius 1 is 0.800 bits per heavy atom. The quantitative estimate of drug-likeness (QED) is 0.306. The van der Waals surface area contributed by atoms with Crippen LogP contribution in [-0.4, -0.2) is 21.6 Å². The molecule has 2 amide bonds. The zero-order valence-corrected chi connectivity index (χ0v) is 19.9. The van der Waals surface area contributed by atoms with Crippen molar-refractivity contribution < 1.29 is 17.9 Å². The molecule has 0 heterocycles. The van der Waals surface area contributed by atoms with Crippen molar-refractivity contribution in [3.63, 3.8) is 0 Å². The first kappa shape index (κ1) is 23.8. The number of anilines is 2. The van der Waals surface area contributed by atoms with Crippen LogP contribution in [0.15, 0.2) is 108 Å². The number of benzene rings is 4. The fourth-order valence-electron chi connectivity index (χ4n) is 3.53. The summed E-state index contributed by atoms with van der Waals surface area (Å²) in [5.74, 6) is 0.717. The summed E-state index contributed by atoms with van der Waals surface area (Å²) in [6.07, 6.45) is 0. The van der Waals surface area contributed by atoms with Gasteiger partial charge in [-0.2, -0.15) is 0 Å². The minimum absolute atomic E-state index is 0.185. The first-order valence-electron chi connectivity index (χ1n) is 10.9. The van der Waals surface area contributed by atoms with Gasteiger partial charge in [-0.1, -0.05) is 60.7 Å². The van der Waals surface area contributed by atoms with Crippen LogP contribution in [-0.2, 0) is 16.6 Å². The maximum Gasteiger partial charge on any atom is 0.319 e. The molecule has 0 unspecified atom stereocenters. The van der Waals surface area contributed by atoms with Gasteiger partial charge in [-0.15, -0.1) is 0 Å². The van der Waals surface area contributed by atoms with E-state index in [0.29, 0.717) is 29.2 Å². The second kappa shape index (κ2) is 10.8. The maximum atomic E-state index is 13.1. The predicted octanol–water partition coefficient (Wildman–Crippen LogP) is 5.48. The monoisotopic (exact) mass is 487 g/mol. The summed E-state index contributed by atoms with van der Waals surface area (Å²) in [4.78, 5) is 12.4. The van der Waals surface area contributed by atoms with Crippen LogP contribution in [0.3, 0.4) is 0 Å². The van der Waals surface area contributed by atoms with Gasteiger partial charge >= 0.3 is 6.03 Å². The van der Waals surface area contributed by atoms with Crippen LogP contribution in [0.5, 0.6) is 5.75 Å². The minimum atomic E-state index is -3.83. The van der Waals surface area contributed by atoms with E-state index in [0.717, 1.165) is 11.1 Å². The summed E-state index contributed by atoms with van der Waals surface area (Å²) in [6.45, 7) is 0.335. The third kappa shape index (κ3) is 6.18. The molecule has 178 valence electrons. The van der Waals surface area contributed by atoms with E-state index in [1.807, 2.05) is 54.6 Å². The molecule has 4 rings (SSSR count). The fourth-order valence-corrected chi connectivity index (χ4v) is 4.82. The normalized spacial score (nSPS) is 10.9. The van der Waals surface area contributed by atoms with Crippen LogP contribution in [0.2, 0.25) is 0 Å². The molecule has 7 nitrogen and oxygen atoms in total. The van der Waals surface area contributed by atoms with E-state index in [2.05, 4.69) is 15.4 Å². The van der Waals surface area contributed by atoms with Crippen molar-refractivity contribution in [2.45, 2.75) is 11.4 Å². The lowest BCUT2D eigenvalue weighted by atomic mass is 10.1. The van der Waals surface area contributed by atoms with E-state index in [-0.39, 0.29) is 10.9 Å². The molecule has 0 aliphatic heterocycles. The Balaban J connectivity index is 1.40. The van der Waals surface area contributed by atoms with E-state index in [1.165, 1.54) is 0 Å². The van der Waals surface area contributed by atoms with Crippen LogP contribution in [0.1, 0.15) is 5.56 Å². The molecule has 35 heavy (non-hydrogen) atoms. The van der Waals surface area contributed by atoms with Gasteiger partial charge in [0.05, 0.1) is 12.0 Å². The Bertz CT molecular complexity index is 1410. The number of rotatable bonds is 8. The topological polar surface area (TPSA) is 96.5 Å². The summed E-state index contributed by atoms with van der Waals surface area (Å²) in [7, 11) is -2.24. The molecular weight excluding hydrogens is 462 g/mol. The van der Waals surface area contributed by atoms with Gasteiger partial charge in [-0.3, -0.25) is 4.72 Å². The highest BCUT2D eigenvalue weighted by Crippen LogP contribution is 2.28. The highest BCUT2D eigenvalue weighted by molar-refractivity contribution is 7.92. The van der Waals surface area contributed by atoms with Crippen LogP contribution in [0.4, 0.5) is 16.2 Å². The smallest absolute Gasteiger partial charge is 0.319 e. The molecular formula is C27H25N3O4S. The lowest BCUT2D eigenvalue weighted by Crippen LogP contribution is -2.28. The first-order chi connectivity index (χ1) is 16.9. The maximum absolute atomic E-state index is 13.1. The molecule has 0 bridgehead atoms. The second-order valence-electron chi connectivity index (χ2n) is 7.70. The summed E-state index contributed by atoms with van der Waals surface area (Å²) in [6, 6.07) is 29.7. The van der Waals surface area contributed by atoms with Gasteiger partial charge in [-0.25, -0.2) is 13.2 Å².